The quantitative estimate of drug-likeness (QED) is 0.305. The second-order valence-electron chi connectivity index (χ2n) is 5.47. The van der Waals surface area contributed by atoms with Crippen molar-refractivity contribution in [3.63, 3.8) is 0 Å². The summed E-state index contributed by atoms with van der Waals surface area (Å²) in [6, 6.07) is 9.94. The van der Waals surface area contributed by atoms with Crippen LogP contribution in [0, 0.1) is 5.41 Å². The lowest BCUT2D eigenvalue weighted by molar-refractivity contribution is 0.315. The Morgan fingerprint density at radius 3 is 2.63 bits per heavy atom. The van der Waals surface area contributed by atoms with Crippen LogP contribution in [0.4, 0.5) is 0 Å². The van der Waals surface area contributed by atoms with Gasteiger partial charge in [0.05, 0.1) is 5.92 Å². The van der Waals surface area contributed by atoms with Crippen LogP contribution in [-0.2, 0) is 0 Å². The summed E-state index contributed by atoms with van der Waals surface area (Å²) in [4.78, 5) is 0. The van der Waals surface area contributed by atoms with Gasteiger partial charge >= 0.3 is 0 Å². The zero-order valence-electron chi connectivity index (χ0n) is 11.5. The summed E-state index contributed by atoms with van der Waals surface area (Å²) in [5.74, 6) is 0.193. The Morgan fingerprint density at radius 1 is 1.42 bits per heavy atom. The van der Waals surface area contributed by atoms with Gasteiger partial charge in [0.15, 0.2) is 0 Å². The van der Waals surface area contributed by atoms with E-state index in [1.807, 2.05) is 30.3 Å². The largest absolute Gasteiger partial charge is 0.409 e. The third kappa shape index (κ3) is 3.47. The Balaban J connectivity index is 1.95. The molecule has 0 saturated heterocycles. The molecule has 104 valence electrons. The minimum absolute atomic E-state index is 0.0705. The van der Waals surface area contributed by atoms with Crippen molar-refractivity contribution in [1.82, 2.24) is 5.32 Å². The van der Waals surface area contributed by atoms with E-state index in [0.717, 1.165) is 12.1 Å². The number of amidine groups is 1. The molecule has 1 fully saturated rings. The predicted octanol–water partition coefficient (Wildman–Crippen LogP) is 2.30. The van der Waals surface area contributed by atoms with Crippen LogP contribution >= 0.6 is 0 Å². The van der Waals surface area contributed by atoms with Gasteiger partial charge in [0.1, 0.15) is 5.84 Å². The van der Waals surface area contributed by atoms with Gasteiger partial charge in [0.25, 0.3) is 0 Å². The molecule has 1 aliphatic carbocycles. The van der Waals surface area contributed by atoms with E-state index in [9.17, 15) is 0 Å². The molecule has 4 nitrogen and oxygen atoms in total. The lowest BCUT2D eigenvalue weighted by atomic mass is 9.97. The topological polar surface area (TPSA) is 70.6 Å². The minimum atomic E-state index is -0.0705. The van der Waals surface area contributed by atoms with Gasteiger partial charge in [0, 0.05) is 13.1 Å². The summed E-state index contributed by atoms with van der Waals surface area (Å²) in [5, 5.41) is 15.6. The Labute approximate surface area is 114 Å². The first-order valence-corrected chi connectivity index (χ1v) is 6.94. The molecule has 0 radical (unpaired) electrons. The predicted molar refractivity (Wildman–Crippen MR) is 77.4 cm³/mol. The third-order valence-electron chi connectivity index (χ3n) is 4.23. The van der Waals surface area contributed by atoms with Crippen LogP contribution in [0.15, 0.2) is 35.5 Å². The number of nitrogens with zero attached hydrogens (tertiary/aromatic N) is 1. The van der Waals surface area contributed by atoms with Crippen molar-refractivity contribution in [2.45, 2.75) is 32.1 Å². The molecule has 2 rings (SSSR count). The SMILES string of the molecule is CCC1(CNCC(/C(N)=N/O)c2ccccc2)CC1. The zero-order chi connectivity index (χ0) is 13.7. The summed E-state index contributed by atoms with van der Waals surface area (Å²) >= 11 is 0. The molecule has 1 saturated carbocycles. The first kappa shape index (κ1) is 13.9. The summed E-state index contributed by atoms with van der Waals surface area (Å²) in [5.41, 5.74) is 7.39. The van der Waals surface area contributed by atoms with E-state index in [1.54, 1.807) is 0 Å². The Bertz CT molecular complexity index is 426. The van der Waals surface area contributed by atoms with E-state index in [1.165, 1.54) is 19.3 Å². The fourth-order valence-electron chi connectivity index (χ4n) is 2.46. The fraction of sp³-hybridized carbons (Fsp3) is 0.533. The first-order chi connectivity index (χ1) is 9.21. The highest BCUT2D eigenvalue weighted by molar-refractivity contribution is 5.87. The second kappa shape index (κ2) is 6.06. The van der Waals surface area contributed by atoms with Gasteiger partial charge in [-0.15, -0.1) is 0 Å². The Hall–Kier alpha value is -1.55. The molecule has 1 aliphatic rings. The van der Waals surface area contributed by atoms with E-state index < -0.39 is 0 Å². The molecule has 0 amide bonds. The molecule has 1 atom stereocenters. The highest BCUT2D eigenvalue weighted by Crippen LogP contribution is 2.47. The highest BCUT2D eigenvalue weighted by Gasteiger charge is 2.40. The number of benzene rings is 1. The summed E-state index contributed by atoms with van der Waals surface area (Å²) in [7, 11) is 0. The standard InChI is InChI=1S/C15H23N3O/c1-2-15(8-9-15)11-17-10-13(14(16)18-19)12-6-4-3-5-7-12/h3-7,13,17,19H,2,8-11H2,1H3,(H2,16,18). The molecule has 0 bridgehead atoms. The molecule has 1 unspecified atom stereocenters. The normalized spacial score (nSPS) is 19.1. The van der Waals surface area contributed by atoms with Crippen molar-refractivity contribution in [2.75, 3.05) is 13.1 Å². The summed E-state index contributed by atoms with van der Waals surface area (Å²) < 4.78 is 0. The number of hydrogen-bond acceptors (Lipinski definition) is 3. The maximum absolute atomic E-state index is 8.92. The molecule has 0 aliphatic heterocycles. The Morgan fingerprint density at radius 2 is 2.11 bits per heavy atom. The average Bonchev–Trinajstić information content (AvgIpc) is 3.24. The summed E-state index contributed by atoms with van der Waals surface area (Å²) in [6.07, 6.45) is 3.85. The van der Waals surface area contributed by atoms with Gasteiger partial charge in [-0.25, -0.2) is 0 Å². The van der Waals surface area contributed by atoms with Crippen LogP contribution in [0.2, 0.25) is 0 Å². The molecular formula is C15H23N3O. The molecule has 0 spiro atoms. The second-order valence-corrected chi connectivity index (χ2v) is 5.47. The molecule has 0 heterocycles. The van der Waals surface area contributed by atoms with Gasteiger partial charge in [-0.1, -0.05) is 42.4 Å². The van der Waals surface area contributed by atoms with Crippen LogP contribution in [-0.4, -0.2) is 24.1 Å². The van der Waals surface area contributed by atoms with Crippen LogP contribution in [0.5, 0.6) is 0 Å². The van der Waals surface area contributed by atoms with Crippen molar-refractivity contribution in [3.8, 4) is 0 Å². The van der Waals surface area contributed by atoms with E-state index >= 15 is 0 Å². The van der Waals surface area contributed by atoms with Crippen LogP contribution in [0.1, 0.15) is 37.7 Å². The lowest BCUT2D eigenvalue weighted by Crippen LogP contribution is -2.34. The van der Waals surface area contributed by atoms with Gasteiger partial charge in [0.2, 0.25) is 0 Å². The van der Waals surface area contributed by atoms with E-state index in [4.69, 9.17) is 10.9 Å². The zero-order valence-corrected chi connectivity index (χ0v) is 11.5. The van der Waals surface area contributed by atoms with Crippen molar-refractivity contribution < 1.29 is 5.21 Å². The van der Waals surface area contributed by atoms with Crippen molar-refractivity contribution in [3.05, 3.63) is 35.9 Å². The van der Waals surface area contributed by atoms with E-state index in [0.29, 0.717) is 12.0 Å². The smallest absolute Gasteiger partial charge is 0.147 e. The van der Waals surface area contributed by atoms with Crippen molar-refractivity contribution in [2.24, 2.45) is 16.3 Å². The molecule has 0 aromatic heterocycles. The molecule has 19 heavy (non-hydrogen) atoms. The van der Waals surface area contributed by atoms with E-state index in [-0.39, 0.29) is 11.8 Å². The van der Waals surface area contributed by atoms with Gasteiger partial charge < -0.3 is 16.3 Å². The minimum Gasteiger partial charge on any atom is -0.409 e. The molecular weight excluding hydrogens is 238 g/mol. The maximum Gasteiger partial charge on any atom is 0.147 e. The maximum atomic E-state index is 8.92. The summed E-state index contributed by atoms with van der Waals surface area (Å²) in [6.45, 7) is 3.97. The average molecular weight is 261 g/mol. The van der Waals surface area contributed by atoms with Gasteiger partial charge in [-0.05, 0) is 30.2 Å². The number of oxime groups is 1. The van der Waals surface area contributed by atoms with E-state index in [2.05, 4.69) is 17.4 Å². The van der Waals surface area contributed by atoms with Gasteiger partial charge in [-0.2, -0.15) is 0 Å². The number of nitrogens with one attached hydrogen (secondary N) is 1. The van der Waals surface area contributed by atoms with Crippen molar-refractivity contribution in [1.29, 1.82) is 0 Å². The molecule has 1 aromatic carbocycles. The van der Waals surface area contributed by atoms with Crippen LogP contribution in [0.3, 0.4) is 0 Å². The third-order valence-corrected chi connectivity index (χ3v) is 4.23. The van der Waals surface area contributed by atoms with Crippen LogP contribution < -0.4 is 11.1 Å². The molecule has 4 heteroatoms. The fourth-order valence-corrected chi connectivity index (χ4v) is 2.46. The van der Waals surface area contributed by atoms with Gasteiger partial charge in [-0.3, -0.25) is 0 Å². The van der Waals surface area contributed by atoms with Crippen molar-refractivity contribution >= 4 is 5.84 Å². The Kier molecular flexibility index (Phi) is 4.43. The number of nitrogens with two attached hydrogens (primary N) is 1. The van der Waals surface area contributed by atoms with Crippen LogP contribution in [0.25, 0.3) is 0 Å². The molecule has 4 N–H and O–H groups in total. The lowest BCUT2D eigenvalue weighted by Gasteiger charge is -2.19. The highest BCUT2D eigenvalue weighted by atomic mass is 16.4. The number of hydrogen-bond donors (Lipinski definition) is 3. The molecule has 1 aromatic rings. The number of rotatable bonds is 7. The first-order valence-electron chi connectivity index (χ1n) is 6.94. The monoisotopic (exact) mass is 261 g/mol.